The van der Waals surface area contributed by atoms with Gasteiger partial charge in [0.15, 0.2) is 0 Å². The average Bonchev–Trinajstić information content (AvgIpc) is 2.31. The lowest BCUT2D eigenvalue weighted by atomic mass is 10.2. The molecule has 1 aromatic carbocycles. The van der Waals surface area contributed by atoms with Gasteiger partial charge in [-0.3, -0.25) is 0 Å². The van der Waals surface area contributed by atoms with E-state index in [-0.39, 0.29) is 20.0 Å². The SMILES string of the molecule is C#CC(C)NS(=O)(=O)c1cc(Br)c(Cl)c(C(=O)O)c1. The van der Waals surface area contributed by atoms with Crippen LogP contribution in [-0.2, 0) is 10.0 Å². The highest BCUT2D eigenvalue weighted by Gasteiger charge is 2.21. The summed E-state index contributed by atoms with van der Waals surface area (Å²) in [5.74, 6) is 0.884. The van der Waals surface area contributed by atoms with Gasteiger partial charge in [-0.05, 0) is 35.0 Å². The molecule has 0 fully saturated rings. The van der Waals surface area contributed by atoms with E-state index in [1.807, 2.05) is 0 Å². The maximum absolute atomic E-state index is 12.0. The average molecular weight is 367 g/mol. The van der Waals surface area contributed by atoms with Crippen molar-refractivity contribution in [3.05, 3.63) is 27.2 Å². The largest absolute Gasteiger partial charge is 0.478 e. The molecule has 0 saturated carbocycles. The molecule has 1 atom stereocenters. The molecule has 0 aliphatic rings. The number of carbonyl (C=O) groups is 1. The van der Waals surface area contributed by atoms with Crippen LogP contribution in [0.2, 0.25) is 5.02 Å². The van der Waals surface area contributed by atoms with Gasteiger partial charge in [0.2, 0.25) is 10.0 Å². The summed E-state index contributed by atoms with van der Waals surface area (Å²) in [7, 11) is -3.91. The van der Waals surface area contributed by atoms with Crippen molar-refractivity contribution in [1.82, 2.24) is 4.72 Å². The van der Waals surface area contributed by atoms with Gasteiger partial charge in [-0.15, -0.1) is 6.42 Å². The summed E-state index contributed by atoms with van der Waals surface area (Å²) in [6, 6.07) is 1.47. The van der Waals surface area contributed by atoms with Crippen molar-refractivity contribution in [2.75, 3.05) is 0 Å². The molecule has 0 aliphatic carbocycles. The zero-order valence-electron chi connectivity index (χ0n) is 9.65. The lowest BCUT2D eigenvalue weighted by molar-refractivity contribution is 0.0696. The summed E-state index contributed by atoms with van der Waals surface area (Å²) < 4.78 is 26.3. The van der Waals surface area contributed by atoms with Crippen molar-refractivity contribution in [2.24, 2.45) is 0 Å². The Bertz CT molecular complexity index is 666. The Labute approximate surface area is 124 Å². The van der Waals surface area contributed by atoms with Gasteiger partial charge in [0, 0.05) is 4.47 Å². The molecule has 5 nitrogen and oxygen atoms in total. The summed E-state index contributed by atoms with van der Waals surface area (Å²) in [4.78, 5) is 10.7. The van der Waals surface area contributed by atoms with Crippen LogP contribution in [0.15, 0.2) is 21.5 Å². The summed E-state index contributed by atoms with van der Waals surface area (Å²) in [6.45, 7) is 1.49. The molecule has 0 bridgehead atoms. The summed E-state index contributed by atoms with van der Waals surface area (Å²) in [5, 5.41) is 8.88. The van der Waals surface area contributed by atoms with E-state index in [2.05, 4.69) is 26.6 Å². The number of sulfonamides is 1. The molecule has 102 valence electrons. The molecule has 19 heavy (non-hydrogen) atoms. The first kappa shape index (κ1) is 16.0. The van der Waals surface area contributed by atoms with Gasteiger partial charge in [0.1, 0.15) is 0 Å². The van der Waals surface area contributed by atoms with Gasteiger partial charge >= 0.3 is 5.97 Å². The second-order valence-electron chi connectivity index (χ2n) is 3.58. The minimum absolute atomic E-state index is 0.0727. The molecule has 0 heterocycles. The van der Waals surface area contributed by atoms with Gasteiger partial charge in [-0.2, -0.15) is 4.72 Å². The van der Waals surface area contributed by atoms with Crippen LogP contribution in [-0.4, -0.2) is 25.5 Å². The fraction of sp³-hybridized carbons (Fsp3) is 0.182. The first-order chi connectivity index (χ1) is 8.69. The van der Waals surface area contributed by atoms with Gasteiger partial charge < -0.3 is 5.11 Å². The standard InChI is InChI=1S/C11H9BrClNO4S/c1-3-6(2)14-19(17,18)7-4-8(11(15)16)10(13)9(12)5-7/h1,4-6,14H,2H3,(H,15,16). The van der Waals surface area contributed by atoms with Crippen LogP contribution in [0.25, 0.3) is 0 Å². The van der Waals surface area contributed by atoms with Crippen LogP contribution in [0, 0.1) is 12.3 Å². The predicted molar refractivity (Wildman–Crippen MR) is 74.7 cm³/mol. The van der Waals surface area contributed by atoms with Crippen molar-refractivity contribution in [2.45, 2.75) is 17.9 Å². The summed E-state index contributed by atoms with van der Waals surface area (Å²) in [5.41, 5.74) is -0.315. The number of halogens is 2. The third-order valence-electron chi connectivity index (χ3n) is 2.12. The smallest absolute Gasteiger partial charge is 0.337 e. The third-order valence-corrected chi connectivity index (χ3v) is 4.91. The molecule has 0 saturated heterocycles. The van der Waals surface area contributed by atoms with Crippen LogP contribution in [0.5, 0.6) is 0 Å². The van der Waals surface area contributed by atoms with Crippen molar-refractivity contribution >= 4 is 43.5 Å². The van der Waals surface area contributed by atoms with E-state index in [0.29, 0.717) is 0 Å². The van der Waals surface area contributed by atoms with Gasteiger partial charge in [-0.25, -0.2) is 13.2 Å². The molecule has 0 spiro atoms. The number of carboxylic acids is 1. The van der Waals surface area contributed by atoms with Gasteiger partial charge in [-0.1, -0.05) is 17.5 Å². The van der Waals surface area contributed by atoms with Crippen LogP contribution in [0.1, 0.15) is 17.3 Å². The first-order valence-electron chi connectivity index (χ1n) is 4.90. The number of aromatic carboxylic acids is 1. The molecule has 8 heteroatoms. The Kier molecular flexibility index (Phi) is 4.98. The van der Waals surface area contributed by atoms with E-state index in [0.717, 1.165) is 6.07 Å². The molecule has 2 N–H and O–H groups in total. The first-order valence-corrected chi connectivity index (χ1v) is 7.55. The van der Waals surface area contributed by atoms with E-state index in [9.17, 15) is 13.2 Å². The van der Waals surface area contributed by atoms with Crippen LogP contribution in [0.3, 0.4) is 0 Å². The van der Waals surface area contributed by atoms with E-state index in [1.165, 1.54) is 13.0 Å². The molecule has 0 radical (unpaired) electrons. The van der Waals surface area contributed by atoms with E-state index in [4.69, 9.17) is 23.1 Å². The minimum Gasteiger partial charge on any atom is -0.478 e. The zero-order valence-corrected chi connectivity index (χ0v) is 12.8. The van der Waals surface area contributed by atoms with Crippen molar-refractivity contribution in [3.63, 3.8) is 0 Å². The quantitative estimate of drug-likeness (QED) is 0.799. The normalized spacial score (nSPS) is 12.7. The fourth-order valence-corrected chi connectivity index (χ4v) is 3.23. The number of rotatable bonds is 4. The number of hydrogen-bond donors (Lipinski definition) is 2. The van der Waals surface area contributed by atoms with Crippen LogP contribution < -0.4 is 4.72 Å². The molecule has 0 aliphatic heterocycles. The molecule has 1 aromatic rings. The lowest BCUT2D eigenvalue weighted by Crippen LogP contribution is -2.31. The Balaban J connectivity index is 3.37. The number of terminal acetylenes is 1. The highest BCUT2D eigenvalue weighted by molar-refractivity contribution is 9.10. The summed E-state index contributed by atoms with van der Waals surface area (Å²) in [6.07, 6.45) is 5.09. The predicted octanol–water partition coefficient (Wildman–Crippen LogP) is 2.10. The summed E-state index contributed by atoms with van der Waals surface area (Å²) >= 11 is 8.78. The number of hydrogen-bond acceptors (Lipinski definition) is 3. The second-order valence-corrected chi connectivity index (χ2v) is 6.53. The Morgan fingerprint density at radius 3 is 2.63 bits per heavy atom. The van der Waals surface area contributed by atoms with Crippen LogP contribution >= 0.6 is 27.5 Å². The molecule has 1 unspecified atom stereocenters. The fourth-order valence-electron chi connectivity index (χ4n) is 1.21. The van der Waals surface area contributed by atoms with Crippen molar-refractivity contribution < 1.29 is 18.3 Å². The molecular weight excluding hydrogens is 358 g/mol. The topological polar surface area (TPSA) is 83.5 Å². The lowest BCUT2D eigenvalue weighted by Gasteiger charge is -2.11. The molecular formula is C11H9BrClNO4S. The van der Waals surface area contributed by atoms with E-state index < -0.39 is 22.0 Å². The van der Waals surface area contributed by atoms with Gasteiger partial charge in [0.25, 0.3) is 0 Å². The Morgan fingerprint density at radius 1 is 1.58 bits per heavy atom. The maximum Gasteiger partial charge on any atom is 0.337 e. The van der Waals surface area contributed by atoms with Crippen LogP contribution in [0.4, 0.5) is 0 Å². The molecule has 0 aromatic heterocycles. The maximum atomic E-state index is 12.0. The van der Waals surface area contributed by atoms with Crippen molar-refractivity contribution in [1.29, 1.82) is 0 Å². The Morgan fingerprint density at radius 2 is 2.16 bits per heavy atom. The number of carboxylic acid groups (broad SMARTS) is 1. The van der Waals surface area contributed by atoms with Gasteiger partial charge in [0.05, 0.1) is 21.5 Å². The number of nitrogens with one attached hydrogen (secondary N) is 1. The Hall–Kier alpha value is -1.07. The van der Waals surface area contributed by atoms with Crippen molar-refractivity contribution in [3.8, 4) is 12.3 Å². The van der Waals surface area contributed by atoms with E-state index in [1.54, 1.807) is 0 Å². The molecule has 1 rings (SSSR count). The van der Waals surface area contributed by atoms with E-state index >= 15 is 0 Å². The zero-order chi connectivity index (χ0) is 14.8. The second kappa shape index (κ2) is 5.92. The minimum atomic E-state index is -3.91. The monoisotopic (exact) mass is 365 g/mol. The third kappa shape index (κ3) is 3.70. The highest BCUT2D eigenvalue weighted by Crippen LogP contribution is 2.29. The highest BCUT2D eigenvalue weighted by atomic mass is 79.9. The number of benzene rings is 1. The molecule has 0 amide bonds.